The van der Waals surface area contributed by atoms with Gasteiger partial charge in [0.1, 0.15) is 23.9 Å². The molecule has 4 aromatic rings. The number of alkyl halides is 1. The molecule has 1 unspecified atom stereocenters. The highest BCUT2D eigenvalue weighted by Crippen LogP contribution is 2.41. The van der Waals surface area contributed by atoms with Gasteiger partial charge in [0.05, 0.1) is 11.4 Å². The first-order valence-corrected chi connectivity index (χ1v) is 12.3. The summed E-state index contributed by atoms with van der Waals surface area (Å²) in [4.78, 5) is 27.5. The van der Waals surface area contributed by atoms with Crippen molar-refractivity contribution in [1.82, 2.24) is 29.6 Å². The summed E-state index contributed by atoms with van der Waals surface area (Å²) in [6, 6.07) is 5.76. The van der Waals surface area contributed by atoms with E-state index in [2.05, 4.69) is 30.7 Å². The van der Waals surface area contributed by atoms with Crippen molar-refractivity contribution < 1.29 is 9.18 Å². The molecule has 1 amide bonds. The van der Waals surface area contributed by atoms with E-state index in [0.717, 1.165) is 39.7 Å². The Morgan fingerprint density at radius 2 is 2.03 bits per heavy atom. The summed E-state index contributed by atoms with van der Waals surface area (Å²) in [6.07, 6.45) is 4.46. The van der Waals surface area contributed by atoms with Crippen molar-refractivity contribution in [3.05, 3.63) is 47.5 Å². The molecule has 6 heterocycles. The average molecular weight is 502 g/mol. The van der Waals surface area contributed by atoms with Crippen LogP contribution in [0.1, 0.15) is 30.3 Å². The third kappa shape index (κ3) is 4.00. The van der Waals surface area contributed by atoms with Crippen molar-refractivity contribution in [1.29, 1.82) is 0 Å². The van der Waals surface area contributed by atoms with Crippen LogP contribution in [0, 0.1) is 6.92 Å². The summed E-state index contributed by atoms with van der Waals surface area (Å²) in [5, 5.41) is 12.7. The number of nitrogens with one attached hydrogen (secondary N) is 2. The summed E-state index contributed by atoms with van der Waals surface area (Å²) in [6.45, 7) is 4.93. The number of nitrogens with zero attached hydrogens (tertiary/aromatic N) is 6. The molecule has 0 aromatic carbocycles. The predicted molar refractivity (Wildman–Crippen MR) is 140 cm³/mol. The molecule has 11 heteroatoms. The molecule has 0 radical (unpaired) electrons. The maximum Gasteiger partial charge on any atom is 0.244 e. The first-order chi connectivity index (χ1) is 17.7. The van der Waals surface area contributed by atoms with Crippen LogP contribution in [0.25, 0.3) is 22.0 Å². The molecule has 4 aromatic heterocycles. The predicted octanol–water partition coefficient (Wildman–Crippen LogP) is 3.54. The number of hydrogen-bond donors (Lipinski definition) is 3. The minimum absolute atomic E-state index is 0.0334. The van der Waals surface area contributed by atoms with E-state index in [-0.39, 0.29) is 12.5 Å². The number of hydrogen-bond acceptors (Lipinski definition) is 8. The second kappa shape index (κ2) is 8.39. The molecule has 0 fully saturated rings. The van der Waals surface area contributed by atoms with Crippen LogP contribution in [-0.4, -0.2) is 55.7 Å². The normalized spacial score (nSPS) is 19.2. The lowest BCUT2D eigenvalue weighted by Gasteiger charge is -2.30. The van der Waals surface area contributed by atoms with Crippen LogP contribution in [0.2, 0.25) is 0 Å². The molecule has 2 aliphatic heterocycles. The topological polar surface area (TPSA) is 127 Å². The zero-order chi connectivity index (χ0) is 25.9. The van der Waals surface area contributed by atoms with Crippen LogP contribution in [0.3, 0.4) is 0 Å². The van der Waals surface area contributed by atoms with Gasteiger partial charge in [-0.2, -0.15) is 5.10 Å². The van der Waals surface area contributed by atoms with Gasteiger partial charge < -0.3 is 21.3 Å². The third-order valence-electron chi connectivity index (χ3n) is 7.28. The van der Waals surface area contributed by atoms with E-state index in [9.17, 15) is 4.79 Å². The van der Waals surface area contributed by atoms with Crippen LogP contribution in [-0.2, 0) is 23.4 Å². The molecule has 37 heavy (non-hydrogen) atoms. The van der Waals surface area contributed by atoms with E-state index in [1.165, 1.54) is 0 Å². The number of amides is 1. The van der Waals surface area contributed by atoms with Gasteiger partial charge in [0.25, 0.3) is 0 Å². The van der Waals surface area contributed by atoms with E-state index in [0.29, 0.717) is 48.4 Å². The zero-order valence-electron chi connectivity index (χ0n) is 21.0. The summed E-state index contributed by atoms with van der Waals surface area (Å²) in [5.74, 6) is 1.60. The van der Waals surface area contributed by atoms with Crippen molar-refractivity contribution in [3.8, 4) is 11.3 Å². The Morgan fingerprint density at radius 3 is 2.86 bits per heavy atom. The van der Waals surface area contributed by atoms with Crippen LogP contribution >= 0.6 is 0 Å². The van der Waals surface area contributed by atoms with Crippen molar-refractivity contribution in [2.75, 3.05) is 36.5 Å². The molecule has 4 N–H and O–H groups in total. The molecule has 0 spiro atoms. The Labute approximate surface area is 213 Å². The monoisotopic (exact) mass is 501 g/mol. The van der Waals surface area contributed by atoms with E-state index >= 15 is 4.39 Å². The number of likely N-dealkylation sites (N-methyl/N-ethyl adjacent to an activating group) is 1. The first-order valence-electron chi connectivity index (χ1n) is 12.3. The second-order valence-electron chi connectivity index (χ2n) is 9.95. The number of carbonyl (C=O) groups excluding carboxylic acids is 1. The number of aromatic nitrogens is 5. The number of carbonyl (C=O) groups is 1. The van der Waals surface area contributed by atoms with Gasteiger partial charge in [0.2, 0.25) is 5.91 Å². The Kier molecular flexibility index (Phi) is 5.25. The molecule has 190 valence electrons. The van der Waals surface area contributed by atoms with Gasteiger partial charge in [-0.1, -0.05) is 0 Å². The average Bonchev–Trinajstić information content (AvgIpc) is 3.17. The summed E-state index contributed by atoms with van der Waals surface area (Å²) in [7, 11) is 1.80. The summed E-state index contributed by atoms with van der Waals surface area (Å²) >= 11 is 0. The fourth-order valence-corrected chi connectivity index (χ4v) is 5.04. The van der Waals surface area contributed by atoms with Crippen molar-refractivity contribution >= 4 is 39.8 Å². The smallest absolute Gasteiger partial charge is 0.244 e. The molecule has 2 aliphatic rings. The fourth-order valence-electron chi connectivity index (χ4n) is 5.04. The largest absolute Gasteiger partial charge is 0.383 e. The number of rotatable bonds is 3. The number of halogens is 1. The molecular formula is C26H28FN9O. The molecule has 6 rings (SSSR count). The minimum Gasteiger partial charge on any atom is -0.383 e. The highest BCUT2D eigenvalue weighted by molar-refractivity contribution is 5.95. The Bertz CT molecular complexity index is 1560. The van der Waals surface area contributed by atoms with Crippen molar-refractivity contribution in [2.24, 2.45) is 0 Å². The maximum absolute atomic E-state index is 15.0. The van der Waals surface area contributed by atoms with Gasteiger partial charge in [0, 0.05) is 68.1 Å². The number of nitrogens with two attached hydrogens (primary N) is 1. The third-order valence-corrected chi connectivity index (χ3v) is 7.28. The Hall–Kier alpha value is -4.28. The standard InChI is InChI=1S/C26H28FN9O/c1-14-17(11-31-24-23(14)29-6-5-26(24,2)27)19-8-15-9-20(30-12-18(15)25(28)32-19)33-21-10-16-4-7-35(3)22(37)13-36(16)34-21/h8-12,29H,4-7,13H2,1-3H3,(H2,28,32)(H,30,33,34). The molecule has 0 bridgehead atoms. The van der Waals surface area contributed by atoms with E-state index in [1.807, 2.05) is 25.1 Å². The van der Waals surface area contributed by atoms with Gasteiger partial charge in [-0.15, -0.1) is 0 Å². The number of anilines is 4. The number of fused-ring (bicyclic) bond motifs is 3. The molecule has 0 aliphatic carbocycles. The lowest BCUT2D eigenvalue weighted by Crippen LogP contribution is -2.29. The first kappa shape index (κ1) is 23.1. The van der Waals surface area contributed by atoms with Gasteiger partial charge in [-0.05, 0) is 36.9 Å². The van der Waals surface area contributed by atoms with E-state index in [1.54, 1.807) is 35.9 Å². The van der Waals surface area contributed by atoms with Crippen LogP contribution < -0.4 is 16.4 Å². The number of pyridine rings is 3. The SMILES string of the molecule is Cc1c(-c2cc3cc(Nc4cc5n(n4)CC(=O)N(C)CC5)ncc3c(N)n2)cnc2c1NCCC2(C)F. The van der Waals surface area contributed by atoms with E-state index in [4.69, 9.17) is 5.73 Å². The molecule has 0 saturated heterocycles. The van der Waals surface area contributed by atoms with E-state index < -0.39 is 5.67 Å². The lowest BCUT2D eigenvalue weighted by molar-refractivity contribution is -0.130. The fraction of sp³-hybridized carbons (Fsp3) is 0.346. The molecular weight excluding hydrogens is 473 g/mol. The molecule has 10 nitrogen and oxygen atoms in total. The van der Waals surface area contributed by atoms with Crippen molar-refractivity contribution in [3.63, 3.8) is 0 Å². The molecule has 0 saturated carbocycles. The lowest BCUT2D eigenvalue weighted by atomic mass is 9.91. The van der Waals surface area contributed by atoms with Crippen molar-refractivity contribution in [2.45, 2.75) is 38.9 Å². The minimum atomic E-state index is -1.47. The van der Waals surface area contributed by atoms with Gasteiger partial charge >= 0.3 is 0 Å². The Balaban J connectivity index is 1.34. The number of nitrogen functional groups attached to an aromatic ring is 1. The molecule has 1 atom stereocenters. The maximum atomic E-state index is 15.0. The zero-order valence-corrected chi connectivity index (χ0v) is 21.0. The quantitative estimate of drug-likeness (QED) is 0.389. The second-order valence-corrected chi connectivity index (χ2v) is 9.95. The van der Waals surface area contributed by atoms with Crippen LogP contribution in [0.15, 0.2) is 30.6 Å². The van der Waals surface area contributed by atoms with Gasteiger partial charge in [-0.3, -0.25) is 14.5 Å². The van der Waals surface area contributed by atoms with Crippen LogP contribution in [0.5, 0.6) is 0 Å². The summed E-state index contributed by atoms with van der Waals surface area (Å²) in [5.41, 5.74) is 9.30. The van der Waals surface area contributed by atoms with Crippen LogP contribution in [0.4, 0.5) is 27.5 Å². The van der Waals surface area contributed by atoms with Gasteiger partial charge in [-0.25, -0.2) is 14.4 Å². The Morgan fingerprint density at radius 1 is 1.19 bits per heavy atom. The van der Waals surface area contributed by atoms with Gasteiger partial charge in [0.15, 0.2) is 11.5 Å². The summed E-state index contributed by atoms with van der Waals surface area (Å²) < 4.78 is 16.8. The highest BCUT2D eigenvalue weighted by atomic mass is 19.1. The highest BCUT2D eigenvalue weighted by Gasteiger charge is 2.35.